The molecule has 3 aromatic rings. The Morgan fingerprint density at radius 1 is 1.32 bits per heavy atom. The van der Waals surface area contributed by atoms with Crippen LogP contribution in [0.4, 0.5) is 11.5 Å². The van der Waals surface area contributed by atoms with Gasteiger partial charge in [0, 0.05) is 22.5 Å². The van der Waals surface area contributed by atoms with E-state index in [0.29, 0.717) is 27.8 Å². The molecule has 124 valence electrons. The highest BCUT2D eigenvalue weighted by atomic mass is 35.5. The van der Waals surface area contributed by atoms with E-state index in [1.54, 1.807) is 36.0 Å². The summed E-state index contributed by atoms with van der Waals surface area (Å²) in [7, 11) is 0. The highest BCUT2D eigenvalue weighted by molar-refractivity contribution is 6.30. The number of aromatic nitrogens is 3. The van der Waals surface area contributed by atoms with Crippen LogP contribution in [0.3, 0.4) is 0 Å². The number of nitrogens with zero attached hydrogens (tertiary/aromatic N) is 4. The van der Waals surface area contributed by atoms with E-state index in [9.17, 15) is 4.79 Å². The number of anilines is 2. The first-order valence-corrected chi connectivity index (χ1v) is 7.91. The molecule has 0 spiro atoms. The predicted molar refractivity (Wildman–Crippen MR) is 97.0 cm³/mol. The molecular weight excluding hydrogens is 340 g/mol. The van der Waals surface area contributed by atoms with E-state index >= 15 is 0 Å². The first kappa shape index (κ1) is 15.3. The fraction of sp³-hybridized carbons (Fsp3) is 0.0588. The molecule has 0 bridgehead atoms. The van der Waals surface area contributed by atoms with Gasteiger partial charge in [-0.25, -0.2) is 14.9 Å². The lowest BCUT2D eigenvalue weighted by atomic mass is 10.1. The van der Waals surface area contributed by atoms with Gasteiger partial charge in [0.1, 0.15) is 5.82 Å². The Hall–Kier alpha value is -3.19. The molecule has 0 saturated carbocycles. The van der Waals surface area contributed by atoms with Crippen molar-refractivity contribution >= 4 is 46.4 Å². The van der Waals surface area contributed by atoms with Crippen LogP contribution < -0.4 is 10.7 Å². The van der Waals surface area contributed by atoms with Gasteiger partial charge in [0.2, 0.25) is 0 Å². The summed E-state index contributed by atoms with van der Waals surface area (Å²) < 4.78 is 1.65. The molecule has 0 unspecified atom stereocenters. The number of hydrazone groups is 1. The molecule has 0 aliphatic carbocycles. The van der Waals surface area contributed by atoms with E-state index < -0.39 is 0 Å². The smallest absolute Gasteiger partial charge is 0.273 e. The zero-order valence-corrected chi connectivity index (χ0v) is 13.9. The molecule has 2 N–H and O–H groups in total. The Balaban J connectivity index is 1.72. The van der Waals surface area contributed by atoms with Crippen molar-refractivity contribution in [1.29, 1.82) is 0 Å². The minimum atomic E-state index is -0.231. The van der Waals surface area contributed by atoms with Crippen LogP contribution in [-0.2, 0) is 4.79 Å². The van der Waals surface area contributed by atoms with Gasteiger partial charge < -0.3 is 5.32 Å². The maximum atomic E-state index is 11.8. The SMILES string of the molecule is CC1=NNC(=O)/C1=C/c1cnn2ccc(Nc3cccc(Cl)c3)nc12. The van der Waals surface area contributed by atoms with Gasteiger partial charge in [-0.15, -0.1) is 0 Å². The predicted octanol–water partition coefficient (Wildman–Crippen LogP) is 3.02. The molecule has 0 fully saturated rings. The Labute approximate surface area is 148 Å². The van der Waals surface area contributed by atoms with Crippen molar-refractivity contribution in [2.24, 2.45) is 5.10 Å². The second-order valence-corrected chi connectivity index (χ2v) is 5.95. The van der Waals surface area contributed by atoms with Crippen molar-refractivity contribution in [2.45, 2.75) is 6.92 Å². The van der Waals surface area contributed by atoms with Crippen LogP contribution in [0, 0.1) is 0 Å². The van der Waals surface area contributed by atoms with Gasteiger partial charge in [-0.05, 0) is 37.3 Å². The van der Waals surface area contributed by atoms with E-state index in [4.69, 9.17) is 11.6 Å². The van der Waals surface area contributed by atoms with Crippen molar-refractivity contribution in [2.75, 3.05) is 5.32 Å². The fourth-order valence-electron chi connectivity index (χ4n) is 2.52. The van der Waals surface area contributed by atoms with E-state index in [1.165, 1.54) is 0 Å². The molecule has 7 nitrogen and oxygen atoms in total. The second kappa shape index (κ2) is 6.03. The highest BCUT2D eigenvalue weighted by Crippen LogP contribution is 2.21. The molecule has 3 heterocycles. The van der Waals surface area contributed by atoms with Crippen LogP contribution >= 0.6 is 11.6 Å². The number of amides is 1. The number of rotatable bonds is 3. The Morgan fingerprint density at radius 2 is 2.20 bits per heavy atom. The number of halogens is 1. The molecule has 0 saturated heterocycles. The summed E-state index contributed by atoms with van der Waals surface area (Å²) in [6.45, 7) is 1.77. The molecule has 1 aromatic carbocycles. The largest absolute Gasteiger partial charge is 0.340 e. The van der Waals surface area contributed by atoms with Crippen LogP contribution in [0.2, 0.25) is 5.02 Å². The van der Waals surface area contributed by atoms with Crippen LogP contribution in [0.25, 0.3) is 11.7 Å². The highest BCUT2D eigenvalue weighted by Gasteiger charge is 2.19. The van der Waals surface area contributed by atoms with Gasteiger partial charge in [-0.3, -0.25) is 4.79 Å². The standard InChI is InChI=1S/C17H13ClN6O/c1-10-14(17(25)23-22-10)7-11-9-19-24-6-5-15(21-16(11)24)20-13-4-2-3-12(18)8-13/h2-9H,1H3,(H,20,21)(H,23,25)/b14-7+. The average Bonchev–Trinajstić information content (AvgIpc) is 3.13. The zero-order valence-electron chi connectivity index (χ0n) is 13.2. The summed E-state index contributed by atoms with van der Waals surface area (Å²) in [5.41, 5.74) is 5.78. The van der Waals surface area contributed by atoms with E-state index in [0.717, 1.165) is 11.3 Å². The van der Waals surface area contributed by atoms with Gasteiger partial charge in [0.25, 0.3) is 5.91 Å². The molecule has 1 aliphatic rings. The molecule has 4 rings (SSSR count). The Morgan fingerprint density at radius 3 is 2.96 bits per heavy atom. The van der Waals surface area contributed by atoms with Crippen molar-refractivity contribution in [3.8, 4) is 0 Å². The number of hydrogen-bond acceptors (Lipinski definition) is 5. The zero-order chi connectivity index (χ0) is 17.4. The monoisotopic (exact) mass is 352 g/mol. The van der Waals surface area contributed by atoms with Crippen LogP contribution in [0.1, 0.15) is 12.5 Å². The number of nitrogens with one attached hydrogen (secondary N) is 2. The van der Waals surface area contributed by atoms with Crippen molar-refractivity contribution < 1.29 is 4.79 Å². The Kier molecular flexibility index (Phi) is 3.70. The molecule has 1 amide bonds. The lowest BCUT2D eigenvalue weighted by Gasteiger charge is -2.06. The number of carbonyl (C=O) groups excluding carboxylic acids is 1. The third kappa shape index (κ3) is 2.97. The Bertz CT molecular complexity index is 1050. The molecule has 25 heavy (non-hydrogen) atoms. The first-order valence-electron chi connectivity index (χ1n) is 7.54. The van der Waals surface area contributed by atoms with Gasteiger partial charge in [-0.2, -0.15) is 10.2 Å². The van der Waals surface area contributed by atoms with Gasteiger partial charge in [0.15, 0.2) is 5.65 Å². The molecule has 0 atom stereocenters. The summed E-state index contributed by atoms with van der Waals surface area (Å²) in [4.78, 5) is 16.4. The van der Waals surface area contributed by atoms with Crippen LogP contribution in [0.15, 0.2) is 53.4 Å². The first-order chi connectivity index (χ1) is 12.1. The van der Waals surface area contributed by atoms with Crippen molar-refractivity contribution in [3.63, 3.8) is 0 Å². The summed E-state index contributed by atoms with van der Waals surface area (Å²) in [6, 6.07) is 9.20. The van der Waals surface area contributed by atoms with Gasteiger partial charge >= 0.3 is 0 Å². The van der Waals surface area contributed by atoms with Crippen LogP contribution in [0.5, 0.6) is 0 Å². The second-order valence-electron chi connectivity index (χ2n) is 5.51. The lowest BCUT2D eigenvalue weighted by Crippen LogP contribution is -2.12. The maximum Gasteiger partial charge on any atom is 0.273 e. The minimum Gasteiger partial charge on any atom is -0.340 e. The summed E-state index contributed by atoms with van der Waals surface area (Å²) in [5, 5.41) is 12.0. The molecule has 0 radical (unpaired) electrons. The lowest BCUT2D eigenvalue weighted by molar-refractivity contribution is -0.116. The van der Waals surface area contributed by atoms with E-state index in [-0.39, 0.29) is 5.91 Å². The van der Waals surface area contributed by atoms with Gasteiger partial charge in [-0.1, -0.05) is 17.7 Å². The summed E-state index contributed by atoms with van der Waals surface area (Å²) in [5.74, 6) is 0.418. The molecule has 1 aliphatic heterocycles. The maximum absolute atomic E-state index is 11.8. The molecule has 8 heteroatoms. The van der Waals surface area contributed by atoms with Gasteiger partial charge in [0.05, 0.1) is 17.5 Å². The van der Waals surface area contributed by atoms with E-state index in [2.05, 4.69) is 25.9 Å². The third-order valence-corrected chi connectivity index (χ3v) is 3.99. The average molecular weight is 353 g/mol. The van der Waals surface area contributed by atoms with Crippen LogP contribution in [-0.4, -0.2) is 26.2 Å². The number of carbonyl (C=O) groups is 1. The summed E-state index contributed by atoms with van der Waals surface area (Å²) in [6.07, 6.45) is 5.20. The minimum absolute atomic E-state index is 0.231. The third-order valence-electron chi connectivity index (χ3n) is 3.75. The topological polar surface area (TPSA) is 83.7 Å². The van der Waals surface area contributed by atoms with Crippen molar-refractivity contribution in [1.82, 2.24) is 20.0 Å². The molecular formula is C17H13ClN6O. The fourth-order valence-corrected chi connectivity index (χ4v) is 2.71. The quantitative estimate of drug-likeness (QED) is 0.710. The van der Waals surface area contributed by atoms with Crippen molar-refractivity contribution in [3.05, 3.63) is 58.9 Å². The number of hydrogen-bond donors (Lipinski definition) is 2. The normalized spacial score (nSPS) is 15.5. The molecule has 2 aromatic heterocycles. The number of benzene rings is 1. The van der Waals surface area contributed by atoms with E-state index in [1.807, 2.05) is 24.3 Å². The summed E-state index contributed by atoms with van der Waals surface area (Å²) >= 11 is 6.01. The number of fused-ring (bicyclic) bond motifs is 1.